The third kappa shape index (κ3) is 4.70. The predicted molar refractivity (Wildman–Crippen MR) is 65.3 cm³/mol. The van der Waals surface area contributed by atoms with Gasteiger partial charge in [0.1, 0.15) is 0 Å². The van der Waals surface area contributed by atoms with Crippen molar-refractivity contribution >= 4 is 11.6 Å². The number of alkyl halides is 1. The van der Waals surface area contributed by atoms with Gasteiger partial charge < -0.3 is 0 Å². The Morgan fingerprint density at radius 2 is 2.20 bits per heavy atom. The van der Waals surface area contributed by atoms with Crippen LogP contribution in [-0.2, 0) is 13.0 Å². The van der Waals surface area contributed by atoms with E-state index in [-0.39, 0.29) is 0 Å². The monoisotopic (exact) mass is 228 g/mol. The molecule has 1 aromatic rings. The summed E-state index contributed by atoms with van der Waals surface area (Å²) in [7, 11) is 0. The van der Waals surface area contributed by atoms with Gasteiger partial charge in [-0.1, -0.05) is 13.8 Å². The number of nitrogens with zero attached hydrogens (tertiary/aromatic N) is 2. The minimum atomic E-state index is 0.301. The fraction of sp³-hybridized carbons (Fsp3) is 0.750. The van der Waals surface area contributed by atoms with E-state index in [4.69, 9.17) is 11.6 Å². The van der Waals surface area contributed by atoms with Gasteiger partial charge in [-0.25, -0.2) is 0 Å². The normalized spacial score (nSPS) is 13.4. The first kappa shape index (κ1) is 12.6. The van der Waals surface area contributed by atoms with E-state index in [1.165, 1.54) is 5.56 Å². The van der Waals surface area contributed by atoms with Crippen molar-refractivity contribution in [2.75, 3.05) is 0 Å². The average Bonchev–Trinajstić information content (AvgIpc) is 2.61. The highest BCUT2D eigenvalue weighted by Gasteiger charge is 2.08. The van der Waals surface area contributed by atoms with Crippen LogP contribution in [0.3, 0.4) is 0 Å². The fourth-order valence-corrected chi connectivity index (χ4v) is 2.13. The summed E-state index contributed by atoms with van der Waals surface area (Å²) in [4.78, 5) is 0. The van der Waals surface area contributed by atoms with E-state index < -0.39 is 0 Å². The molecule has 0 N–H and O–H groups in total. The van der Waals surface area contributed by atoms with E-state index in [2.05, 4.69) is 32.1 Å². The minimum Gasteiger partial charge on any atom is -0.273 e. The van der Waals surface area contributed by atoms with E-state index >= 15 is 0 Å². The first-order valence-electron chi connectivity index (χ1n) is 5.77. The summed E-state index contributed by atoms with van der Waals surface area (Å²) in [5.41, 5.74) is 1.30. The molecule has 1 rings (SSSR count). The molecule has 1 atom stereocenters. The quantitative estimate of drug-likeness (QED) is 0.682. The summed E-state index contributed by atoms with van der Waals surface area (Å²) in [6.07, 6.45) is 7.25. The van der Waals surface area contributed by atoms with Gasteiger partial charge in [-0.15, -0.1) is 11.6 Å². The molecule has 0 fully saturated rings. The van der Waals surface area contributed by atoms with E-state index in [0.717, 1.165) is 25.8 Å². The number of hydrogen-bond donors (Lipinski definition) is 0. The third-order valence-electron chi connectivity index (χ3n) is 2.48. The minimum absolute atomic E-state index is 0.301. The lowest BCUT2D eigenvalue weighted by molar-refractivity contribution is 0.544. The summed E-state index contributed by atoms with van der Waals surface area (Å²) in [5, 5.41) is 4.55. The van der Waals surface area contributed by atoms with Crippen LogP contribution in [0.1, 0.15) is 39.2 Å². The van der Waals surface area contributed by atoms with Crippen molar-refractivity contribution in [1.82, 2.24) is 9.78 Å². The Labute approximate surface area is 97.6 Å². The van der Waals surface area contributed by atoms with Crippen LogP contribution in [0, 0.1) is 5.92 Å². The van der Waals surface area contributed by atoms with Crippen LogP contribution in [0.4, 0.5) is 0 Å². The van der Waals surface area contributed by atoms with Gasteiger partial charge >= 0.3 is 0 Å². The fourth-order valence-electron chi connectivity index (χ4n) is 1.66. The van der Waals surface area contributed by atoms with E-state index in [1.807, 2.05) is 10.9 Å². The maximum Gasteiger partial charge on any atom is 0.0521 e. The SMILES string of the molecule is CCn1cc(CCC(Cl)CC(C)C)cn1. The van der Waals surface area contributed by atoms with Crippen molar-refractivity contribution in [1.29, 1.82) is 0 Å². The van der Waals surface area contributed by atoms with Crippen LogP contribution in [0.25, 0.3) is 0 Å². The van der Waals surface area contributed by atoms with E-state index in [9.17, 15) is 0 Å². The Hall–Kier alpha value is -0.500. The van der Waals surface area contributed by atoms with Gasteiger partial charge in [0, 0.05) is 18.1 Å². The molecule has 86 valence electrons. The Kier molecular flexibility index (Phi) is 5.16. The summed E-state index contributed by atoms with van der Waals surface area (Å²) in [5.74, 6) is 0.686. The second-order valence-corrected chi connectivity index (χ2v) is 5.09. The molecule has 2 nitrogen and oxygen atoms in total. The molecule has 0 aliphatic rings. The van der Waals surface area contributed by atoms with E-state index in [1.54, 1.807) is 0 Å². The zero-order valence-electron chi connectivity index (χ0n) is 9.91. The predicted octanol–water partition coefficient (Wildman–Crippen LogP) is 3.49. The van der Waals surface area contributed by atoms with Gasteiger partial charge in [0.05, 0.1) is 6.20 Å². The van der Waals surface area contributed by atoms with Crippen LogP contribution in [-0.4, -0.2) is 15.2 Å². The van der Waals surface area contributed by atoms with Gasteiger partial charge in [0.25, 0.3) is 0 Å². The number of aromatic nitrogens is 2. The molecule has 0 aliphatic carbocycles. The van der Waals surface area contributed by atoms with Crippen LogP contribution >= 0.6 is 11.6 Å². The lowest BCUT2D eigenvalue weighted by Crippen LogP contribution is -2.04. The van der Waals surface area contributed by atoms with E-state index in [0.29, 0.717) is 11.3 Å². The van der Waals surface area contributed by atoms with Crippen molar-refractivity contribution in [2.45, 2.75) is 52.0 Å². The third-order valence-corrected chi connectivity index (χ3v) is 2.88. The van der Waals surface area contributed by atoms with Gasteiger partial charge in [-0.05, 0) is 37.7 Å². The molecule has 0 bridgehead atoms. The smallest absolute Gasteiger partial charge is 0.0521 e. The summed E-state index contributed by atoms with van der Waals surface area (Å²) in [6.45, 7) is 7.46. The van der Waals surface area contributed by atoms with Gasteiger partial charge in [0.15, 0.2) is 0 Å². The molecule has 1 unspecified atom stereocenters. The van der Waals surface area contributed by atoms with Crippen LogP contribution in [0.15, 0.2) is 12.4 Å². The van der Waals surface area contributed by atoms with Crippen LogP contribution in [0.2, 0.25) is 0 Å². The van der Waals surface area contributed by atoms with Crippen molar-refractivity contribution in [3.8, 4) is 0 Å². The Morgan fingerprint density at radius 1 is 1.47 bits per heavy atom. The largest absolute Gasteiger partial charge is 0.273 e. The molecule has 0 radical (unpaired) electrons. The molecule has 0 saturated heterocycles. The number of hydrogen-bond acceptors (Lipinski definition) is 1. The molecule has 0 spiro atoms. The molecule has 1 heterocycles. The number of rotatable bonds is 6. The zero-order valence-corrected chi connectivity index (χ0v) is 10.7. The van der Waals surface area contributed by atoms with Crippen molar-refractivity contribution < 1.29 is 0 Å². The standard InChI is InChI=1S/C12H21ClN2/c1-4-15-9-11(8-14-15)5-6-12(13)7-10(2)3/h8-10,12H,4-7H2,1-3H3. The topological polar surface area (TPSA) is 17.8 Å². The second-order valence-electron chi connectivity index (χ2n) is 4.47. The summed E-state index contributed by atoms with van der Waals surface area (Å²) in [6, 6.07) is 0. The van der Waals surface area contributed by atoms with Crippen molar-refractivity contribution in [3.05, 3.63) is 18.0 Å². The highest BCUT2D eigenvalue weighted by Crippen LogP contribution is 2.16. The second kappa shape index (κ2) is 6.16. The molecular formula is C12H21ClN2. The Morgan fingerprint density at radius 3 is 2.73 bits per heavy atom. The Balaban J connectivity index is 2.30. The average molecular weight is 229 g/mol. The summed E-state index contributed by atoms with van der Waals surface area (Å²) < 4.78 is 1.96. The summed E-state index contributed by atoms with van der Waals surface area (Å²) >= 11 is 6.24. The molecular weight excluding hydrogens is 208 g/mol. The molecule has 3 heteroatoms. The van der Waals surface area contributed by atoms with Gasteiger partial charge in [0.2, 0.25) is 0 Å². The van der Waals surface area contributed by atoms with Crippen LogP contribution < -0.4 is 0 Å². The first-order chi connectivity index (χ1) is 7.11. The number of halogens is 1. The van der Waals surface area contributed by atoms with Gasteiger partial charge in [-0.3, -0.25) is 4.68 Å². The molecule has 0 amide bonds. The maximum atomic E-state index is 6.24. The molecule has 0 saturated carbocycles. The molecule has 1 aromatic heterocycles. The molecule has 15 heavy (non-hydrogen) atoms. The lowest BCUT2D eigenvalue weighted by Gasteiger charge is -2.10. The lowest BCUT2D eigenvalue weighted by atomic mass is 10.0. The first-order valence-corrected chi connectivity index (χ1v) is 6.20. The van der Waals surface area contributed by atoms with Crippen molar-refractivity contribution in [3.63, 3.8) is 0 Å². The number of aryl methyl sites for hydroxylation is 2. The van der Waals surface area contributed by atoms with Crippen molar-refractivity contribution in [2.24, 2.45) is 5.92 Å². The zero-order chi connectivity index (χ0) is 11.3. The molecule has 0 aliphatic heterocycles. The van der Waals surface area contributed by atoms with Crippen LogP contribution in [0.5, 0.6) is 0 Å². The Bertz CT molecular complexity index is 281. The highest BCUT2D eigenvalue weighted by atomic mass is 35.5. The van der Waals surface area contributed by atoms with Gasteiger partial charge in [-0.2, -0.15) is 5.10 Å². The molecule has 0 aromatic carbocycles. The highest BCUT2D eigenvalue weighted by molar-refractivity contribution is 6.20. The maximum absolute atomic E-state index is 6.24.